The van der Waals surface area contributed by atoms with Crippen molar-refractivity contribution in [3.63, 3.8) is 0 Å². The van der Waals surface area contributed by atoms with Crippen molar-refractivity contribution in [1.82, 2.24) is 0 Å². The molecule has 96 valence electrons. The molecule has 19 heavy (non-hydrogen) atoms. The van der Waals surface area contributed by atoms with E-state index in [9.17, 15) is 19.3 Å². The summed E-state index contributed by atoms with van der Waals surface area (Å²) in [6.45, 7) is 0. The van der Waals surface area contributed by atoms with Gasteiger partial charge in [0.1, 0.15) is 11.5 Å². The van der Waals surface area contributed by atoms with Crippen LogP contribution < -0.4 is 4.90 Å². The first kappa shape index (κ1) is 12.7. The molecule has 5 nitrogen and oxygen atoms in total. The Morgan fingerprint density at radius 2 is 1.74 bits per heavy atom. The van der Waals surface area contributed by atoms with Gasteiger partial charge in [-0.05, 0) is 30.3 Å². The predicted molar refractivity (Wildman–Crippen MR) is 67.7 cm³/mol. The van der Waals surface area contributed by atoms with Gasteiger partial charge in [-0.3, -0.25) is 19.8 Å². The van der Waals surface area contributed by atoms with E-state index in [0.717, 1.165) is 4.90 Å². The van der Waals surface area contributed by atoms with Crippen LogP contribution in [0.25, 0.3) is 0 Å². The second-order valence-electron chi connectivity index (χ2n) is 3.70. The summed E-state index contributed by atoms with van der Waals surface area (Å²) in [4.78, 5) is 22.6. The van der Waals surface area contributed by atoms with E-state index in [4.69, 9.17) is 0 Å². The summed E-state index contributed by atoms with van der Waals surface area (Å²) in [5, 5.41) is 10.9. The summed E-state index contributed by atoms with van der Waals surface area (Å²) in [5.74, 6) is -0.447. The van der Waals surface area contributed by atoms with Gasteiger partial charge in [-0.2, -0.15) is 0 Å². The molecule has 0 fully saturated rings. The average molecular weight is 260 g/mol. The number of hydrogen-bond acceptors (Lipinski definition) is 3. The van der Waals surface area contributed by atoms with Crippen molar-refractivity contribution < 1.29 is 14.1 Å². The minimum atomic E-state index is -0.574. The molecule has 0 spiro atoms. The van der Waals surface area contributed by atoms with Crippen LogP contribution in [0.1, 0.15) is 0 Å². The third-order valence-corrected chi connectivity index (χ3v) is 2.55. The van der Waals surface area contributed by atoms with Crippen LogP contribution in [0.4, 0.5) is 21.5 Å². The maximum atomic E-state index is 12.8. The number of carbonyl (C=O) groups excluding carboxylic acids is 1. The number of nitrogens with zero attached hydrogens (tertiary/aromatic N) is 2. The van der Waals surface area contributed by atoms with E-state index in [1.807, 2.05) is 0 Å². The van der Waals surface area contributed by atoms with Crippen LogP contribution in [0, 0.1) is 15.9 Å². The summed E-state index contributed by atoms with van der Waals surface area (Å²) >= 11 is 0. The standard InChI is InChI=1S/C13H9FN2O3/c14-10-5-7-11(8-6-10)15(9-17)12-3-1-2-4-13(12)16(18)19/h1-9H. The molecule has 0 aliphatic rings. The Labute approximate surface area is 108 Å². The lowest BCUT2D eigenvalue weighted by molar-refractivity contribution is -0.384. The minimum absolute atomic E-state index is 0.133. The van der Waals surface area contributed by atoms with E-state index in [0.29, 0.717) is 12.1 Å². The van der Waals surface area contributed by atoms with E-state index in [-0.39, 0.29) is 11.4 Å². The predicted octanol–water partition coefficient (Wildman–Crippen LogP) is 3.03. The molecule has 0 heterocycles. The first-order valence-electron chi connectivity index (χ1n) is 5.37. The highest BCUT2D eigenvalue weighted by Crippen LogP contribution is 2.32. The fourth-order valence-electron chi connectivity index (χ4n) is 1.68. The van der Waals surface area contributed by atoms with Crippen molar-refractivity contribution in [2.75, 3.05) is 4.90 Å². The topological polar surface area (TPSA) is 63.5 Å². The zero-order chi connectivity index (χ0) is 13.8. The van der Waals surface area contributed by atoms with Gasteiger partial charge in [-0.1, -0.05) is 12.1 Å². The molecular formula is C13H9FN2O3. The maximum absolute atomic E-state index is 12.8. The summed E-state index contributed by atoms with van der Waals surface area (Å²) in [5.41, 5.74) is 0.290. The molecule has 0 N–H and O–H groups in total. The van der Waals surface area contributed by atoms with Crippen LogP contribution in [0.15, 0.2) is 48.5 Å². The molecule has 2 rings (SSSR count). The van der Waals surface area contributed by atoms with E-state index >= 15 is 0 Å². The van der Waals surface area contributed by atoms with Crippen molar-refractivity contribution in [2.24, 2.45) is 0 Å². The monoisotopic (exact) mass is 260 g/mol. The second-order valence-corrected chi connectivity index (χ2v) is 3.70. The SMILES string of the molecule is O=CN(c1ccc(F)cc1)c1ccccc1[N+](=O)[O-]. The number of amides is 1. The first-order chi connectivity index (χ1) is 9.13. The number of rotatable bonds is 4. The van der Waals surface area contributed by atoms with Crippen molar-refractivity contribution in [3.8, 4) is 0 Å². The molecule has 1 amide bonds. The van der Waals surface area contributed by atoms with Crippen LogP contribution in [0.2, 0.25) is 0 Å². The van der Waals surface area contributed by atoms with Gasteiger partial charge < -0.3 is 0 Å². The number of para-hydroxylation sites is 2. The largest absolute Gasteiger partial charge is 0.293 e. The normalized spacial score (nSPS) is 9.95. The molecule has 2 aromatic rings. The lowest BCUT2D eigenvalue weighted by atomic mass is 10.2. The smallest absolute Gasteiger partial charge is 0.278 e. The van der Waals surface area contributed by atoms with Crippen LogP contribution in [0.5, 0.6) is 0 Å². The first-order valence-corrected chi connectivity index (χ1v) is 5.37. The number of anilines is 2. The number of hydrogen-bond donors (Lipinski definition) is 0. The number of carbonyl (C=O) groups is 1. The number of halogens is 1. The van der Waals surface area contributed by atoms with E-state index < -0.39 is 10.7 Å². The second kappa shape index (κ2) is 5.26. The van der Waals surface area contributed by atoms with Gasteiger partial charge in [0.25, 0.3) is 5.69 Å². The molecule has 2 aromatic carbocycles. The number of nitro groups is 1. The Hall–Kier alpha value is -2.76. The van der Waals surface area contributed by atoms with Gasteiger partial charge in [-0.15, -0.1) is 0 Å². The molecule has 0 unspecified atom stereocenters. The van der Waals surface area contributed by atoms with Gasteiger partial charge in [-0.25, -0.2) is 4.39 Å². The Balaban J connectivity index is 2.51. The quantitative estimate of drug-likeness (QED) is 0.482. The summed E-state index contributed by atoms with van der Waals surface area (Å²) in [6, 6.07) is 11.0. The Morgan fingerprint density at radius 1 is 1.11 bits per heavy atom. The van der Waals surface area contributed by atoms with E-state index in [1.54, 1.807) is 6.07 Å². The van der Waals surface area contributed by atoms with Crippen LogP contribution in [0.3, 0.4) is 0 Å². The maximum Gasteiger partial charge on any atom is 0.293 e. The van der Waals surface area contributed by atoms with Crippen molar-refractivity contribution >= 4 is 23.5 Å². The van der Waals surface area contributed by atoms with Gasteiger partial charge in [0.15, 0.2) is 0 Å². The van der Waals surface area contributed by atoms with Crippen molar-refractivity contribution in [3.05, 3.63) is 64.5 Å². The molecule has 0 atom stereocenters. The van der Waals surface area contributed by atoms with E-state index in [1.165, 1.54) is 42.5 Å². The Bertz CT molecular complexity index is 614. The highest BCUT2D eigenvalue weighted by Gasteiger charge is 2.19. The van der Waals surface area contributed by atoms with Crippen LogP contribution in [-0.2, 0) is 4.79 Å². The van der Waals surface area contributed by atoms with Crippen LogP contribution >= 0.6 is 0 Å². The lowest BCUT2D eigenvalue weighted by Gasteiger charge is -2.17. The summed E-state index contributed by atoms with van der Waals surface area (Å²) < 4.78 is 12.8. The Kier molecular flexibility index (Phi) is 3.51. The van der Waals surface area contributed by atoms with Gasteiger partial charge in [0.05, 0.1) is 4.92 Å². The minimum Gasteiger partial charge on any atom is -0.278 e. The lowest BCUT2D eigenvalue weighted by Crippen LogP contribution is -2.15. The third kappa shape index (κ3) is 2.57. The molecule has 0 saturated carbocycles. The molecule has 0 aliphatic heterocycles. The van der Waals surface area contributed by atoms with Crippen LogP contribution in [-0.4, -0.2) is 11.3 Å². The zero-order valence-corrected chi connectivity index (χ0v) is 9.69. The summed E-state index contributed by atoms with van der Waals surface area (Å²) in [6.07, 6.45) is 0.454. The molecule has 0 radical (unpaired) electrons. The molecule has 0 saturated heterocycles. The molecular weight excluding hydrogens is 251 g/mol. The van der Waals surface area contributed by atoms with Crippen molar-refractivity contribution in [2.45, 2.75) is 0 Å². The van der Waals surface area contributed by atoms with Gasteiger partial charge >= 0.3 is 0 Å². The van der Waals surface area contributed by atoms with Gasteiger partial charge in [0, 0.05) is 11.8 Å². The molecule has 6 heteroatoms. The molecule has 0 bridgehead atoms. The highest BCUT2D eigenvalue weighted by molar-refractivity contribution is 5.90. The fourth-order valence-corrected chi connectivity index (χ4v) is 1.68. The third-order valence-electron chi connectivity index (χ3n) is 2.55. The van der Waals surface area contributed by atoms with Gasteiger partial charge in [0.2, 0.25) is 6.41 Å². The molecule has 0 aromatic heterocycles. The fraction of sp³-hybridized carbons (Fsp3) is 0. The number of benzene rings is 2. The average Bonchev–Trinajstić information content (AvgIpc) is 2.42. The Morgan fingerprint density at radius 3 is 2.32 bits per heavy atom. The van der Waals surface area contributed by atoms with Crippen molar-refractivity contribution in [1.29, 1.82) is 0 Å². The zero-order valence-electron chi connectivity index (χ0n) is 9.69. The highest BCUT2D eigenvalue weighted by atomic mass is 19.1. The molecule has 0 aliphatic carbocycles. The van der Waals surface area contributed by atoms with E-state index in [2.05, 4.69) is 0 Å². The number of nitro benzene ring substituents is 1. The summed E-state index contributed by atoms with van der Waals surface area (Å²) in [7, 11) is 0.